The molecule has 1 heterocycles. The van der Waals surface area contributed by atoms with Crippen LogP contribution < -0.4 is 4.72 Å². The third-order valence-electron chi connectivity index (χ3n) is 2.68. The standard InChI is InChI=1S/C11H24N2O4S/c1-4-16-7-5-6-12-18(14,15)13-8-10(2)17-11(3)9-13/h10-12H,4-9H2,1-3H3/t10-,11-/m0/s1. The van der Waals surface area contributed by atoms with Gasteiger partial charge in [0.05, 0.1) is 12.2 Å². The highest BCUT2D eigenvalue weighted by Crippen LogP contribution is 2.13. The lowest BCUT2D eigenvalue weighted by Crippen LogP contribution is -2.52. The van der Waals surface area contributed by atoms with Crippen molar-refractivity contribution in [2.45, 2.75) is 39.4 Å². The fourth-order valence-electron chi connectivity index (χ4n) is 1.94. The Labute approximate surface area is 110 Å². The van der Waals surface area contributed by atoms with Gasteiger partial charge in [-0.25, -0.2) is 4.72 Å². The molecule has 0 radical (unpaired) electrons. The first kappa shape index (κ1) is 15.8. The van der Waals surface area contributed by atoms with Crippen LogP contribution in [0.3, 0.4) is 0 Å². The van der Waals surface area contributed by atoms with Gasteiger partial charge in [-0.15, -0.1) is 0 Å². The Morgan fingerprint density at radius 2 is 1.94 bits per heavy atom. The molecule has 1 N–H and O–H groups in total. The predicted molar refractivity (Wildman–Crippen MR) is 69.6 cm³/mol. The Balaban J connectivity index is 2.38. The van der Waals surface area contributed by atoms with E-state index in [0.29, 0.717) is 39.3 Å². The summed E-state index contributed by atoms with van der Waals surface area (Å²) in [7, 11) is -3.39. The molecule has 1 rings (SSSR count). The molecule has 0 aromatic rings. The Hall–Kier alpha value is -0.210. The lowest BCUT2D eigenvalue weighted by atomic mass is 10.3. The summed E-state index contributed by atoms with van der Waals surface area (Å²) in [6, 6.07) is 0. The van der Waals surface area contributed by atoms with Gasteiger partial charge in [0, 0.05) is 32.8 Å². The van der Waals surface area contributed by atoms with Gasteiger partial charge in [0.25, 0.3) is 10.2 Å². The molecular weight excluding hydrogens is 256 g/mol. The molecule has 1 fully saturated rings. The van der Waals surface area contributed by atoms with Gasteiger partial charge in [0.2, 0.25) is 0 Å². The Kier molecular flexibility index (Phi) is 6.51. The van der Waals surface area contributed by atoms with Gasteiger partial charge in [0.1, 0.15) is 0 Å². The highest BCUT2D eigenvalue weighted by Gasteiger charge is 2.30. The Morgan fingerprint density at radius 3 is 2.50 bits per heavy atom. The number of nitrogens with zero attached hydrogens (tertiary/aromatic N) is 1. The molecule has 1 aliphatic heterocycles. The van der Waals surface area contributed by atoms with Gasteiger partial charge in [-0.3, -0.25) is 0 Å². The molecular formula is C11H24N2O4S. The number of hydrogen-bond donors (Lipinski definition) is 1. The third kappa shape index (κ3) is 5.19. The van der Waals surface area contributed by atoms with E-state index >= 15 is 0 Å². The average molecular weight is 280 g/mol. The highest BCUT2D eigenvalue weighted by atomic mass is 32.2. The molecule has 0 saturated carbocycles. The van der Waals surface area contributed by atoms with Crippen LogP contribution in [0.1, 0.15) is 27.2 Å². The summed E-state index contributed by atoms with van der Waals surface area (Å²) in [6.45, 7) is 8.14. The monoisotopic (exact) mass is 280 g/mol. The summed E-state index contributed by atoms with van der Waals surface area (Å²) in [5.74, 6) is 0. The topological polar surface area (TPSA) is 67.9 Å². The molecule has 1 aliphatic rings. The molecule has 0 aromatic carbocycles. The fraction of sp³-hybridized carbons (Fsp3) is 1.00. The van der Waals surface area contributed by atoms with E-state index in [4.69, 9.17) is 9.47 Å². The smallest absolute Gasteiger partial charge is 0.279 e. The summed E-state index contributed by atoms with van der Waals surface area (Å²) in [4.78, 5) is 0. The normalized spacial score (nSPS) is 26.4. The SMILES string of the molecule is CCOCCCNS(=O)(=O)N1C[C@H](C)O[C@@H](C)C1. The van der Waals surface area contributed by atoms with Crippen LogP contribution in [0.15, 0.2) is 0 Å². The van der Waals surface area contributed by atoms with Crippen molar-refractivity contribution in [3.05, 3.63) is 0 Å². The quantitative estimate of drug-likeness (QED) is 0.684. The van der Waals surface area contributed by atoms with E-state index in [0.717, 1.165) is 0 Å². The maximum absolute atomic E-state index is 12.0. The zero-order chi connectivity index (χ0) is 13.6. The van der Waals surface area contributed by atoms with Gasteiger partial charge >= 0.3 is 0 Å². The van der Waals surface area contributed by atoms with E-state index in [1.54, 1.807) is 0 Å². The van der Waals surface area contributed by atoms with Crippen LogP contribution in [0.25, 0.3) is 0 Å². The number of nitrogens with one attached hydrogen (secondary N) is 1. The van der Waals surface area contributed by atoms with Gasteiger partial charge in [-0.1, -0.05) is 0 Å². The molecule has 0 aliphatic carbocycles. The van der Waals surface area contributed by atoms with E-state index in [9.17, 15) is 8.42 Å². The molecule has 0 bridgehead atoms. The van der Waals surface area contributed by atoms with Crippen molar-refractivity contribution in [2.24, 2.45) is 0 Å². The van der Waals surface area contributed by atoms with Crippen LogP contribution in [0.2, 0.25) is 0 Å². The zero-order valence-electron chi connectivity index (χ0n) is 11.4. The van der Waals surface area contributed by atoms with E-state index in [-0.39, 0.29) is 12.2 Å². The zero-order valence-corrected chi connectivity index (χ0v) is 12.2. The maximum Gasteiger partial charge on any atom is 0.279 e. The lowest BCUT2D eigenvalue weighted by molar-refractivity contribution is -0.0443. The third-order valence-corrected chi connectivity index (χ3v) is 4.23. The number of morpholine rings is 1. The average Bonchev–Trinajstić information content (AvgIpc) is 2.27. The molecule has 1 saturated heterocycles. The second kappa shape index (κ2) is 7.40. The fourth-order valence-corrected chi connectivity index (χ4v) is 3.34. The van der Waals surface area contributed by atoms with Gasteiger partial charge in [-0.05, 0) is 27.2 Å². The van der Waals surface area contributed by atoms with Gasteiger partial charge in [0.15, 0.2) is 0 Å². The van der Waals surface area contributed by atoms with Gasteiger partial charge in [-0.2, -0.15) is 12.7 Å². The minimum Gasteiger partial charge on any atom is -0.382 e. The molecule has 0 spiro atoms. The minimum absolute atomic E-state index is 0.0613. The van der Waals surface area contributed by atoms with Crippen molar-refractivity contribution < 1.29 is 17.9 Å². The predicted octanol–water partition coefficient (Wildman–Crippen LogP) is 0.357. The van der Waals surface area contributed by atoms with Crippen LogP contribution in [0.5, 0.6) is 0 Å². The molecule has 0 aromatic heterocycles. The summed E-state index contributed by atoms with van der Waals surface area (Å²) in [5.41, 5.74) is 0. The summed E-state index contributed by atoms with van der Waals surface area (Å²) < 4.78 is 38.8. The lowest BCUT2D eigenvalue weighted by Gasteiger charge is -2.34. The number of ether oxygens (including phenoxy) is 2. The van der Waals surface area contributed by atoms with Crippen molar-refractivity contribution in [1.82, 2.24) is 9.03 Å². The molecule has 6 nitrogen and oxygen atoms in total. The second-order valence-corrected chi connectivity index (χ2v) is 6.28. The van der Waals surface area contributed by atoms with Crippen molar-refractivity contribution in [3.8, 4) is 0 Å². The van der Waals surface area contributed by atoms with E-state index in [1.807, 2.05) is 20.8 Å². The molecule has 7 heteroatoms. The first-order valence-corrected chi connectivity index (χ1v) is 7.87. The van der Waals surface area contributed by atoms with E-state index in [2.05, 4.69) is 4.72 Å². The second-order valence-electron chi connectivity index (χ2n) is 4.52. The summed E-state index contributed by atoms with van der Waals surface area (Å²) in [5, 5.41) is 0. The van der Waals surface area contributed by atoms with Gasteiger partial charge < -0.3 is 9.47 Å². The van der Waals surface area contributed by atoms with Crippen molar-refractivity contribution in [2.75, 3.05) is 32.8 Å². The summed E-state index contributed by atoms with van der Waals surface area (Å²) in [6.07, 6.45) is 0.560. The first-order chi connectivity index (χ1) is 8.45. The van der Waals surface area contributed by atoms with Crippen molar-refractivity contribution >= 4 is 10.2 Å². The summed E-state index contributed by atoms with van der Waals surface area (Å²) >= 11 is 0. The minimum atomic E-state index is -3.39. The molecule has 0 unspecified atom stereocenters. The van der Waals surface area contributed by atoms with Crippen LogP contribution in [-0.4, -0.2) is 57.8 Å². The van der Waals surface area contributed by atoms with Crippen LogP contribution >= 0.6 is 0 Å². The van der Waals surface area contributed by atoms with Crippen LogP contribution in [0.4, 0.5) is 0 Å². The van der Waals surface area contributed by atoms with E-state index in [1.165, 1.54) is 4.31 Å². The Morgan fingerprint density at radius 1 is 1.33 bits per heavy atom. The molecule has 0 amide bonds. The van der Waals surface area contributed by atoms with Crippen LogP contribution in [-0.2, 0) is 19.7 Å². The largest absolute Gasteiger partial charge is 0.382 e. The molecule has 18 heavy (non-hydrogen) atoms. The van der Waals surface area contributed by atoms with E-state index < -0.39 is 10.2 Å². The van der Waals surface area contributed by atoms with Crippen LogP contribution in [0, 0.1) is 0 Å². The first-order valence-electron chi connectivity index (χ1n) is 6.43. The maximum atomic E-state index is 12.0. The van der Waals surface area contributed by atoms with Crippen molar-refractivity contribution in [1.29, 1.82) is 0 Å². The molecule has 2 atom stereocenters. The number of hydrogen-bond acceptors (Lipinski definition) is 4. The number of rotatable bonds is 7. The Bertz CT molecular complexity index is 324. The van der Waals surface area contributed by atoms with Crippen molar-refractivity contribution in [3.63, 3.8) is 0 Å². The molecule has 108 valence electrons. The highest BCUT2D eigenvalue weighted by molar-refractivity contribution is 7.87.